The summed E-state index contributed by atoms with van der Waals surface area (Å²) in [7, 11) is 0. The standard InChI is InChI=1S/C18H20ClN3O3S/c1-2-25-17(24)18(10-13-5-3-6-14(19)9-13)7-4-8-22(12-18)16(23)15-11-20-26-21-15/h3,5-6,9,11H,2,4,7-8,10,12H2,1H3/t18-/m0/s1. The Hall–Kier alpha value is -1.99. The minimum absolute atomic E-state index is 0.196. The van der Waals surface area contributed by atoms with Crippen molar-refractivity contribution in [3.8, 4) is 0 Å². The number of hydrogen-bond acceptors (Lipinski definition) is 6. The molecule has 0 saturated carbocycles. The van der Waals surface area contributed by atoms with Gasteiger partial charge >= 0.3 is 5.97 Å². The number of amides is 1. The molecule has 0 spiro atoms. The van der Waals surface area contributed by atoms with Gasteiger partial charge in [0.15, 0.2) is 5.69 Å². The van der Waals surface area contributed by atoms with Crippen molar-refractivity contribution in [1.29, 1.82) is 0 Å². The zero-order chi connectivity index (χ0) is 18.6. The van der Waals surface area contributed by atoms with Crippen LogP contribution in [0.25, 0.3) is 0 Å². The predicted octanol–water partition coefficient (Wildman–Crippen LogP) is 3.22. The summed E-state index contributed by atoms with van der Waals surface area (Å²) in [6.45, 7) is 2.99. The summed E-state index contributed by atoms with van der Waals surface area (Å²) in [6.07, 6.45) is 3.33. The summed E-state index contributed by atoms with van der Waals surface area (Å²) in [4.78, 5) is 27.2. The number of aromatic nitrogens is 2. The summed E-state index contributed by atoms with van der Waals surface area (Å²) < 4.78 is 13.3. The average molecular weight is 394 g/mol. The highest BCUT2D eigenvalue weighted by molar-refractivity contribution is 6.99. The SMILES string of the molecule is CCOC(=O)[C@]1(Cc2cccc(Cl)c2)CCCN(C(=O)c2cnsn2)C1. The maximum atomic E-state index is 12.8. The quantitative estimate of drug-likeness (QED) is 0.729. The van der Waals surface area contributed by atoms with E-state index in [-0.39, 0.29) is 11.9 Å². The van der Waals surface area contributed by atoms with Gasteiger partial charge in [-0.2, -0.15) is 8.75 Å². The van der Waals surface area contributed by atoms with E-state index in [4.69, 9.17) is 16.3 Å². The Labute approximate surface area is 161 Å². The van der Waals surface area contributed by atoms with Gasteiger partial charge in [-0.3, -0.25) is 9.59 Å². The maximum Gasteiger partial charge on any atom is 0.314 e. The fourth-order valence-electron chi connectivity index (χ4n) is 3.43. The Morgan fingerprint density at radius 3 is 2.96 bits per heavy atom. The first-order chi connectivity index (χ1) is 12.5. The van der Waals surface area contributed by atoms with Crippen molar-refractivity contribution in [2.24, 2.45) is 5.41 Å². The number of halogens is 1. The van der Waals surface area contributed by atoms with Crippen LogP contribution in [0.5, 0.6) is 0 Å². The minimum Gasteiger partial charge on any atom is -0.466 e. The van der Waals surface area contributed by atoms with Gasteiger partial charge < -0.3 is 9.64 Å². The first-order valence-corrected chi connectivity index (χ1v) is 9.63. The van der Waals surface area contributed by atoms with E-state index in [1.54, 1.807) is 17.9 Å². The van der Waals surface area contributed by atoms with Crippen molar-refractivity contribution >= 4 is 35.2 Å². The molecule has 3 rings (SSSR count). The van der Waals surface area contributed by atoms with Crippen molar-refractivity contribution in [3.05, 3.63) is 46.7 Å². The van der Waals surface area contributed by atoms with Crippen LogP contribution < -0.4 is 0 Å². The lowest BCUT2D eigenvalue weighted by Crippen LogP contribution is -2.51. The summed E-state index contributed by atoms with van der Waals surface area (Å²) in [5.74, 6) is -0.466. The van der Waals surface area contributed by atoms with Crippen molar-refractivity contribution in [3.63, 3.8) is 0 Å². The molecule has 8 heteroatoms. The molecular weight excluding hydrogens is 374 g/mol. The van der Waals surface area contributed by atoms with Gasteiger partial charge in [-0.05, 0) is 43.9 Å². The molecule has 1 aliphatic rings. The lowest BCUT2D eigenvalue weighted by Gasteiger charge is -2.40. The third-order valence-corrected chi connectivity index (χ3v) is 5.30. The number of benzene rings is 1. The second kappa shape index (κ2) is 8.14. The smallest absolute Gasteiger partial charge is 0.314 e. The molecule has 6 nitrogen and oxygen atoms in total. The van der Waals surface area contributed by atoms with E-state index in [0.717, 1.165) is 23.7 Å². The topological polar surface area (TPSA) is 72.4 Å². The van der Waals surface area contributed by atoms with Gasteiger partial charge in [0.25, 0.3) is 5.91 Å². The van der Waals surface area contributed by atoms with E-state index in [0.29, 0.717) is 43.3 Å². The number of nitrogens with zero attached hydrogens (tertiary/aromatic N) is 3. The van der Waals surface area contributed by atoms with Crippen molar-refractivity contribution in [2.45, 2.75) is 26.2 Å². The molecule has 1 saturated heterocycles. The second-order valence-corrected chi connectivity index (χ2v) is 7.42. The molecule has 0 aliphatic carbocycles. The van der Waals surface area contributed by atoms with E-state index in [2.05, 4.69) is 8.75 Å². The van der Waals surface area contributed by atoms with Crippen LogP contribution in [0, 0.1) is 5.41 Å². The molecule has 1 fully saturated rings. The fourth-order valence-corrected chi connectivity index (χ4v) is 4.05. The molecule has 0 radical (unpaired) electrons. The molecule has 1 atom stereocenters. The van der Waals surface area contributed by atoms with Gasteiger partial charge in [0, 0.05) is 18.1 Å². The number of piperidine rings is 1. The predicted molar refractivity (Wildman–Crippen MR) is 99.3 cm³/mol. The zero-order valence-corrected chi connectivity index (χ0v) is 16.1. The monoisotopic (exact) mass is 393 g/mol. The third-order valence-electron chi connectivity index (χ3n) is 4.58. The van der Waals surface area contributed by atoms with Crippen LogP contribution in [0.1, 0.15) is 35.8 Å². The van der Waals surface area contributed by atoms with E-state index in [1.165, 1.54) is 6.20 Å². The van der Waals surface area contributed by atoms with Crippen LogP contribution >= 0.6 is 23.3 Å². The van der Waals surface area contributed by atoms with Crippen LogP contribution in [0.3, 0.4) is 0 Å². The van der Waals surface area contributed by atoms with E-state index < -0.39 is 5.41 Å². The van der Waals surface area contributed by atoms with E-state index in [9.17, 15) is 9.59 Å². The highest BCUT2D eigenvalue weighted by Crippen LogP contribution is 2.36. The van der Waals surface area contributed by atoms with Crippen molar-refractivity contribution in [1.82, 2.24) is 13.6 Å². The van der Waals surface area contributed by atoms with Crippen molar-refractivity contribution < 1.29 is 14.3 Å². The molecule has 138 valence electrons. The fraction of sp³-hybridized carbons (Fsp3) is 0.444. The van der Waals surface area contributed by atoms with Gasteiger partial charge in [-0.1, -0.05) is 23.7 Å². The largest absolute Gasteiger partial charge is 0.466 e. The maximum absolute atomic E-state index is 12.8. The molecule has 0 N–H and O–H groups in total. The number of likely N-dealkylation sites (tertiary alicyclic amines) is 1. The van der Waals surface area contributed by atoms with Gasteiger partial charge in [-0.15, -0.1) is 0 Å². The first kappa shape index (κ1) is 18.8. The van der Waals surface area contributed by atoms with Crippen LogP contribution in [0.15, 0.2) is 30.5 Å². The van der Waals surface area contributed by atoms with Gasteiger partial charge in [0.1, 0.15) is 0 Å². The average Bonchev–Trinajstić information content (AvgIpc) is 3.16. The number of ether oxygens (including phenoxy) is 1. The van der Waals surface area contributed by atoms with Crippen molar-refractivity contribution in [2.75, 3.05) is 19.7 Å². The Morgan fingerprint density at radius 1 is 1.42 bits per heavy atom. The summed E-state index contributed by atoms with van der Waals surface area (Å²) in [6, 6.07) is 7.46. The third kappa shape index (κ3) is 4.04. The molecule has 1 aromatic heterocycles. The summed E-state index contributed by atoms with van der Waals surface area (Å²) in [5.41, 5.74) is 0.491. The van der Waals surface area contributed by atoms with Crippen LogP contribution in [-0.4, -0.2) is 45.2 Å². The van der Waals surface area contributed by atoms with Gasteiger partial charge in [0.2, 0.25) is 0 Å². The van der Waals surface area contributed by atoms with Gasteiger partial charge in [0.05, 0.1) is 29.9 Å². The Kier molecular flexibility index (Phi) is 5.88. The summed E-state index contributed by atoms with van der Waals surface area (Å²) in [5, 5.41) is 0.624. The van der Waals surface area contributed by atoms with E-state index in [1.807, 2.05) is 18.2 Å². The molecule has 1 aliphatic heterocycles. The Balaban J connectivity index is 1.87. The highest BCUT2D eigenvalue weighted by atomic mass is 35.5. The molecule has 1 aromatic carbocycles. The lowest BCUT2D eigenvalue weighted by molar-refractivity contribution is -0.158. The number of hydrogen-bond donors (Lipinski definition) is 0. The molecule has 0 unspecified atom stereocenters. The van der Waals surface area contributed by atoms with Crippen LogP contribution in [-0.2, 0) is 16.0 Å². The highest BCUT2D eigenvalue weighted by Gasteiger charge is 2.45. The summed E-state index contributed by atoms with van der Waals surface area (Å²) >= 11 is 7.10. The second-order valence-electron chi connectivity index (χ2n) is 6.43. The zero-order valence-electron chi connectivity index (χ0n) is 14.5. The molecular formula is C18H20ClN3O3S. The normalized spacial score (nSPS) is 20.0. The number of carbonyl (C=O) groups excluding carboxylic acids is 2. The van der Waals surface area contributed by atoms with E-state index >= 15 is 0 Å². The molecule has 26 heavy (non-hydrogen) atoms. The number of esters is 1. The Bertz CT molecular complexity index is 784. The number of rotatable bonds is 5. The van der Waals surface area contributed by atoms with Crippen LogP contribution in [0.2, 0.25) is 5.02 Å². The number of carbonyl (C=O) groups is 2. The molecule has 2 heterocycles. The first-order valence-electron chi connectivity index (χ1n) is 8.52. The Morgan fingerprint density at radius 2 is 2.27 bits per heavy atom. The lowest BCUT2D eigenvalue weighted by atomic mass is 9.75. The molecule has 2 aromatic rings. The van der Waals surface area contributed by atoms with Gasteiger partial charge in [-0.25, -0.2) is 0 Å². The minimum atomic E-state index is -0.780. The molecule has 0 bridgehead atoms. The van der Waals surface area contributed by atoms with Crippen LogP contribution in [0.4, 0.5) is 0 Å². The molecule has 1 amide bonds.